The summed E-state index contributed by atoms with van der Waals surface area (Å²) in [4.78, 5) is 0. The van der Waals surface area contributed by atoms with Crippen LogP contribution >= 0.6 is 0 Å². The lowest BCUT2D eigenvalue weighted by molar-refractivity contribution is 0.138. The van der Waals surface area contributed by atoms with Gasteiger partial charge in [-0.15, -0.1) is 0 Å². The number of nitrogens with one attached hydrogen (secondary N) is 1. The average molecular weight is 277 g/mol. The SMILES string of the molecule is CC1(C)Cc2cc(CNCCCCCCO)ccc2O1. The smallest absolute Gasteiger partial charge is 0.123 e. The first-order valence-electron chi connectivity index (χ1n) is 7.73. The molecule has 0 radical (unpaired) electrons. The molecule has 20 heavy (non-hydrogen) atoms. The number of aliphatic hydroxyl groups excluding tert-OH is 1. The Morgan fingerprint density at radius 1 is 1.20 bits per heavy atom. The van der Waals surface area contributed by atoms with E-state index in [0.29, 0.717) is 6.61 Å². The summed E-state index contributed by atoms with van der Waals surface area (Å²) in [7, 11) is 0. The van der Waals surface area contributed by atoms with Gasteiger partial charge in [-0.05, 0) is 50.4 Å². The van der Waals surface area contributed by atoms with Crippen molar-refractivity contribution in [3.63, 3.8) is 0 Å². The average Bonchev–Trinajstić information content (AvgIpc) is 2.71. The number of hydrogen-bond donors (Lipinski definition) is 2. The van der Waals surface area contributed by atoms with Crippen molar-refractivity contribution in [1.82, 2.24) is 5.32 Å². The fourth-order valence-corrected chi connectivity index (χ4v) is 2.72. The number of fused-ring (bicyclic) bond motifs is 1. The Bertz CT molecular complexity index is 429. The summed E-state index contributed by atoms with van der Waals surface area (Å²) >= 11 is 0. The van der Waals surface area contributed by atoms with Gasteiger partial charge in [-0.2, -0.15) is 0 Å². The van der Waals surface area contributed by atoms with Gasteiger partial charge >= 0.3 is 0 Å². The second-order valence-electron chi connectivity index (χ2n) is 6.30. The van der Waals surface area contributed by atoms with Crippen molar-refractivity contribution in [2.75, 3.05) is 13.2 Å². The van der Waals surface area contributed by atoms with Crippen molar-refractivity contribution >= 4 is 0 Å². The molecule has 0 saturated carbocycles. The van der Waals surface area contributed by atoms with E-state index in [1.165, 1.54) is 24.0 Å². The summed E-state index contributed by atoms with van der Waals surface area (Å²) in [6.45, 7) is 6.56. The van der Waals surface area contributed by atoms with Gasteiger partial charge in [0.2, 0.25) is 0 Å². The van der Waals surface area contributed by atoms with Crippen LogP contribution < -0.4 is 10.1 Å². The third kappa shape index (κ3) is 4.50. The lowest BCUT2D eigenvalue weighted by Gasteiger charge is -2.16. The largest absolute Gasteiger partial charge is 0.487 e. The molecule has 1 aromatic rings. The Morgan fingerprint density at radius 3 is 2.80 bits per heavy atom. The molecule has 0 spiro atoms. The topological polar surface area (TPSA) is 41.5 Å². The maximum Gasteiger partial charge on any atom is 0.123 e. The summed E-state index contributed by atoms with van der Waals surface area (Å²) < 4.78 is 5.89. The lowest BCUT2D eigenvalue weighted by Crippen LogP contribution is -2.24. The van der Waals surface area contributed by atoms with E-state index in [-0.39, 0.29) is 5.60 Å². The van der Waals surface area contributed by atoms with Gasteiger partial charge in [0.05, 0.1) is 0 Å². The standard InChI is InChI=1S/C17H27NO2/c1-17(2)12-15-11-14(7-8-16(15)20-17)13-18-9-5-3-4-6-10-19/h7-8,11,18-19H,3-6,9-10,12-13H2,1-2H3. The molecule has 0 aliphatic carbocycles. The first-order chi connectivity index (χ1) is 9.61. The molecule has 1 aliphatic rings. The highest BCUT2D eigenvalue weighted by molar-refractivity contribution is 5.41. The van der Waals surface area contributed by atoms with Crippen molar-refractivity contribution in [2.45, 2.75) is 58.1 Å². The van der Waals surface area contributed by atoms with E-state index in [9.17, 15) is 0 Å². The van der Waals surface area contributed by atoms with E-state index in [4.69, 9.17) is 9.84 Å². The van der Waals surface area contributed by atoms with Crippen LogP contribution in [0.15, 0.2) is 18.2 Å². The summed E-state index contributed by atoms with van der Waals surface area (Å²) in [6.07, 6.45) is 5.43. The highest BCUT2D eigenvalue weighted by Gasteiger charge is 2.29. The fourth-order valence-electron chi connectivity index (χ4n) is 2.72. The third-order valence-corrected chi connectivity index (χ3v) is 3.72. The minimum atomic E-state index is -0.0545. The van der Waals surface area contributed by atoms with Crippen LogP contribution in [0.1, 0.15) is 50.7 Å². The maximum absolute atomic E-state index is 8.71. The number of ether oxygens (including phenoxy) is 1. The maximum atomic E-state index is 8.71. The van der Waals surface area contributed by atoms with E-state index in [1.807, 2.05) is 0 Å². The minimum Gasteiger partial charge on any atom is -0.487 e. The zero-order chi connectivity index (χ0) is 14.4. The van der Waals surface area contributed by atoms with Crippen LogP contribution in [0.2, 0.25) is 0 Å². The van der Waals surface area contributed by atoms with Gasteiger partial charge in [-0.1, -0.05) is 25.0 Å². The van der Waals surface area contributed by atoms with Gasteiger partial charge in [0.1, 0.15) is 11.4 Å². The van der Waals surface area contributed by atoms with E-state index < -0.39 is 0 Å². The van der Waals surface area contributed by atoms with E-state index in [1.54, 1.807) is 0 Å². The van der Waals surface area contributed by atoms with E-state index >= 15 is 0 Å². The molecule has 1 aromatic carbocycles. The van der Waals surface area contributed by atoms with Gasteiger partial charge in [-0.3, -0.25) is 0 Å². The van der Waals surface area contributed by atoms with Crippen molar-refractivity contribution < 1.29 is 9.84 Å². The number of benzene rings is 1. The highest BCUT2D eigenvalue weighted by atomic mass is 16.5. The van der Waals surface area contributed by atoms with Crippen LogP contribution in [-0.2, 0) is 13.0 Å². The van der Waals surface area contributed by atoms with Crippen LogP contribution in [-0.4, -0.2) is 23.9 Å². The summed E-state index contributed by atoms with van der Waals surface area (Å²) in [5.74, 6) is 1.04. The molecule has 0 amide bonds. The van der Waals surface area contributed by atoms with Crippen molar-refractivity contribution in [3.05, 3.63) is 29.3 Å². The molecule has 3 nitrogen and oxygen atoms in total. The number of rotatable bonds is 8. The van der Waals surface area contributed by atoms with Crippen LogP contribution in [0.25, 0.3) is 0 Å². The molecule has 1 aliphatic heterocycles. The van der Waals surface area contributed by atoms with Crippen molar-refractivity contribution in [1.29, 1.82) is 0 Å². The molecule has 0 unspecified atom stereocenters. The van der Waals surface area contributed by atoms with Crippen molar-refractivity contribution in [2.24, 2.45) is 0 Å². The molecule has 112 valence electrons. The van der Waals surface area contributed by atoms with Gasteiger partial charge < -0.3 is 15.2 Å². The molecule has 0 atom stereocenters. The molecule has 0 saturated heterocycles. The van der Waals surface area contributed by atoms with Gasteiger partial charge in [-0.25, -0.2) is 0 Å². The Kier molecular flexibility index (Phi) is 5.44. The molecule has 2 N–H and O–H groups in total. The fraction of sp³-hybridized carbons (Fsp3) is 0.647. The predicted molar refractivity (Wildman–Crippen MR) is 82.1 cm³/mol. The van der Waals surface area contributed by atoms with Crippen LogP contribution in [0.5, 0.6) is 5.75 Å². The zero-order valence-electron chi connectivity index (χ0n) is 12.7. The molecule has 3 heteroatoms. The predicted octanol–water partition coefficient (Wildman–Crippen LogP) is 3.04. The van der Waals surface area contributed by atoms with Gasteiger partial charge in [0.25, 0.3) is 0 Å². The molecule has 0 bridgehead atoms. The summed E-state index contributed by atoms with van der Waals surface area (Å²) in [5, 5.41) is 12.2. The van der Waals surface area contributed by atoms with Gasteiger partial charge in [0, 0.05) is 19.6 Å². The normalized spacial score (nSPS) is 15.9. The quantitative estimate of drug-likeness (QED) is 0.718. The first-order valence-corrected chi connectivity index (χ1v) is 7.73. The first kappa shape index (κ1) is 15.3. The number of unbranched alkanes of at least 4 members (excludes halogenated alkanes) is 3. The Balaban J connectivity index is 1.70. The molecule has 1 heterocycles. The Morgan fingerprint density at radius 2 is 2.00 bits per heavy atom. The zero-order valence-corrected chi connectivity index (χ0v) is 12.7. The molecule has 0 aromatic heterocycles. The highest BCUT2D eigenvalue weighted by Crippen LogP contribution is 2.35. The molecular weight excluding hydrogens is 250 g/mol. The number of aliphatic hydroxyl groups is 1. The second kappa shape index (κ2) is 7.09. The van der Waals surface area contributed by atoms with E-state index in [0.717, 1.165) is 38.1 Å². The van der Waals surface area contributed by atoms with Crippen LogP contribution in [0.4, 0.5) is 0 Å². The lowest BCUT2D eigenvalue weighted by atomic mass is 10.0. The summed E-state index contributed by atoms with van der Waals surface area (Å²) in [5.41, 5.74) is 2.61. The Labute approximate surface area is 122 Å². The molecule has 2 rings (SSSR count). The monoisotopic (exact) mass is 277 g/mol. The summed E-state index contributed by atoms with van der Waals surface area (Å²) in [6, 6.07) is 6.52. The second-order valence-corrected chi connectivity index (χ2v) is 6.30. The van der Waals surface area contributed by atoms with Gasteiger partial charge in [0.15, 0.2) is 0 Å². The minimum absolute atomic E-state index is 0.0545. The third-order valence-electron chi connectivity index (χ3n) is 3.72. The van der Waals surface area contributed by atoms with Crippen LogP contribution in [0.3, 0.4) is 0 Å². The molecular formula is C17H27NO2. The number of hydrogen-bond acceptors (Lipinski definition) is 3. The Hall–Kier alpha value is -1.06. The van der Waals surface area contributed by atoms with E-state index in [2.05, 4.69) is 37.4 Å². The van der Waals surface area contributed by atoms with Crippen molar-refractivity contribution in [3.8, 4) is 5.75 Å². The van der Waals surface area contributed by atoms with Crippen LogP contribution in [0, 0.1) is 0 Å². The molecule has 0 fully saturated rings.